The Morgan fingerprint density at radius 3 is 2.57 bits per heavy atom. The summed E-state index contributed by atoms with van der Waals surface area (Å²) in [6, 6.07) is 7.62. The van der Waals surface area contributed by atoms with Crippen LogP contribution < -0.4 is 11.1 Å². The van der Waals surface area contributed by atoms with Crippen molar-refractivity contribution in [1.82, 2.24) is 0 Å². The van der Waals surface area contributed by atoms with Gasteiger partial charge in [0.25, 0.3) is 5.91 Å². The van der Waals surface area contributed by atoms with E-state index in [1.165, 1.54) is 24.3 Å². The van der Waals surface area contributed by atoms with E-state index in [2.05, 4.69) is 21.2 Å². The molecule has 0 aliphatic heterocycles. The molecule has 0 unspecified atom stereocenters. The first-order valence-corrected chi connectivity index (χ1v) is 6.57. The first kappa shape index (κ1) is 15.0. The normalized spacial score (nSPS) is 10.2. The molecule has 0 heterocycles. The molecule has 0 saturated heterocycles. The van der Waals surface area contributed by atoms with Crippen molar-refractivity contribution in [3.05, 3.63) is 57.8 Å². The Morgan fingerprint density at radius 2 is 1.90 bits per heavy atom. The number of halogens is 2. The van der Waals surface area contributed by atoms with Crippen molar-refractivity contribution < 1.29 is 19.1 Å². The van der Waals surface area contributed by atoms with Crippen molar-refractivity contribution in [2.75, 3.05) is 11.1 Å². The van der Waals surface area contributed by atoms with Gasteiger partial charge in [0, 0.05) is 10.2 Å². The smallest absolute Gasteiger partial charge is 0.335 e. The number of carbonyl (C=O) groups excluding carboxylic acids is 1. The number of carbonyl (C=O) groups is 2. The molecule has 2 aromatic rings. The maximum absolute atomic E-state index is 13.2. The second-order valence-corrected chi connectivity index (χ2v) is 5.04. The predicted octanol–water partition coefficient (Wildman–Crippen LogP) is 3.12. The van der Waals surface area contributed by atoms with E-state index in [9.17, 15) is 14.0 Å². The monoisotopic (exact) mass is 352 g/mol. The zero-order chi connectivity index (χ0) is 15.6. The second kappa shape index (κ2) is 5.92. The molecule has 0 fully saturated rings. The predicted molar refractivity (Wildman–Crippen MR) is 79.9 cm³/mol. The van der Waals surface area contributed by atoms with Crippen molar-refractivity contribution in [2.45, 2.75) is 0 Å². The van der Waals surface area contributed by atoms with Gasteiger partial charge in [0.05, 0.1) is 16.8 Å². The Hall–Kier alpha value is -2.41. The van der Waals surface area contributed by atoms with E-state index in [4.69, 9.17) is 10.8 Å². The Bertz CT molecular complexity index is 734. The molecule has 0 aromatic heterocycles. The van der Waals surface area contributed by atoms with Gasteiger partial charge in [-0.1, -0.05) is 0 Å². The number of hydrogen-bond acceptors (Lipinski definition) is 3. The fourth-order valence-corrected chi connectivity index (χ4v) is 2.01. The van der Waals surface area contributed by atoms with Gasteiger partial charge >= 0.3 is 5.97 Å². The molecule has 4 N–H and O–H groups in total. The number of hydrogen-bond donors (Lipinski definition) is 3. The van der Waals surface area contributed by atoms with Crippen LogP contribution in [0.3, 0.4) is 0 Å². The lowest BCUT2D eigenvalue weighted by atomic mass is 10.1. The van der Waals surface area contributed by atoms with Crippen LogP contribution in [-0.2, 0) is 0 Å². The highest BCUT2D eigenvalue weighted by Gasteiger charge is 2.14. The number of nitrogens with one attached hydrogen (secondary N) is 1. The Labute approximate surface area is 127 Å². The van der Waals surface area contributed by atoms with Crippen molar-refractivity contribution in [3.8, 4) is 0 Å². The van der Waals surface area contributed by atoms with Crippen molar-refractivity contribution in [3.63, 3.8) is 0 Å². The number of rotatable bonds is 3. The third-order valence-electron chi connectivity index (χ3n) is 2.72. The maximum Gasteiger partial charge on any atom is 0.335 e. The summed E-state index contributed by atoms with van der Waals surface area (Å²) in [7, 11) is 0. The highest BCUT2D eigenvalue weighted by molar-refractivity contribution is 9.10. The number of aromatic carboxylic acids is 1. The number of benzene rings is 2. The summed E-state index contributed by atoms with van der Waals surface area (Å²) in [5.41, 5.74) is 5.99. The van der Waals surface area contributed by atoms with Crippen LogP contribution in [0.25, 0.3) is 0 Å². The molecular formula is C14H10BrFN2O3. The van der Waals surface area contributed by atoms with Gasteiger partial charge in [-0.05, 0) is 52.3 Å². The number of anilines is 2. The second-order valence-electron chi connectivity index (χ2n) is 4.19. The quantitative estimate of drug-likeness (QED) is 0.740. The fourth-order valence-electron chi connectivity index (χ4n) is 1.67. The molecule has 5 nitrogen and oxygen atoms in total. The lowest BCUT2D eigenvalue weighted by Crippen LogP contribution is -2.15. The minimum absolute atomic E-state index is 0.0146. The van der Waals surface area contributed by atoms with Crippen LogP contribution >= 0.6 is 15.9 Å². The molecule has 0 bridgehead atoms. The third-order valence-corrected chi connectivity index (χ3v) is 3.41. The van der Waals surface area contributed by atoms with E-state index >= 15 is 0 Å². The Morgan fingerprint density at radius 1 is 1.19 bits per heavy atom. The summed E-state index contributed by atoms with van der Waals surface area (Å²) in [6.45, 7) is 0. The van der Waals surface area contributed by atoms with Crippen molar-refractivity contribution in [1.29, 1.82) is 0 Å². The van der Waals surface area contributed by atoms with Gasteiger partial charge in [0.1, 0.15) is 5.82 Å². The molecule has 2 aromatic carbocycles. The number of carboxylic acids is 1. The number of amides is 1. The lowest BCUT2D eigenvalue weighted by Gasteiger charge is -2.10. The highest BCUT2D eigenvalue weighted by Crippen LogP contribution is 2.25. The maximum atomic E-state index is 13.2. The molecule has 1 amide bonds. The largest absolute Gasteiger partial charge is 0.478 e. The van der Waals surface area contributed by atoms with Crippen LogP contribution in [0.4, 0.5) is 15.8 Å². The molecule has 0 spiro atoms. The minimum Gasteiger partial charge on any atom is -0.478 e. The zero-order valence-electron chi connectivity index (χ0n) is 10.6. The highest BCUT2D eigenvalue weighted by atomic mass is 79.9. The van der Waals surface area contributed by atoms with Gasteiger partial charge in [-0.25, -0.2) is 9.18 Å². The SMILES string of the molecule is Nc1ccc(F)cc1C(=O)Nc1cc(C(=O)O)ccc1Br. The Balaban J connectivity index is 2.33. The minimum atomic E-state index is -1.12. The van der Waals surface area contributed by atoms with Crippen LogP contribution in [0.1, 0.15) is 20.7 Å². The zero-order valence-corrected chi connectivity index (χ0v) is 12.1. The van der Waals surface area contributed by atoms with Crippen LogP contribution in [0.15, 0.2) is 40.9 Å². The topological polar surface area (TPSA) is 92.4 Å². The molecule has 0 aliphatic carbocycles. The molecule has 108 valence electrons. The number of nitrogens with two attached hydrogens (primary N) is 1. The van der Waals surface area contributed by atoms with Crippen LogP contribution in [0.5, 0.6) is 0 Å². The van der Waals surface area contributed by atoms with E-state index in [0.29, 0.717) is 4.47 Å². The van der Waals surface area contributed by atoms with Gasteiger partial charge in [0.15, 0.2) is 0 Å². The summed E-state index contributed by atoms with van der Waals surface area (Å²) >= 11 is 3.20. The van der Waals surface area contributed by atoms with E-state index in [-0.39, 0.29) is 22.5 Å². The molecule has 0 atom stereocenters. The van der Waals surface area contributed by atoms with E-state index in [1.54, 1.807) is 0 Å². The fraction of sp³-hybridized carbons (Fsp3) is 0. The van der Waals surface area contributed by atoms with E-state index in [1.807, 2.05) is 0 Å². The van der Waals surface area contributed by atoms with Gasteiger partial charge in [-0.15, -0.1) is 0 Å². The van der Waals surface area contributed by atoms with Gasteiger partial charge in [-0.2, -0.15) is 0 Å². The van der Waals surface area contributed by atoms with Crippen molar-refractivity contribution in [2.24, 2.45) is 0 Å². The average molecular weight is 353 g/mol. The van der Waals surface area contributed by atoms with Crippen LogP contribution in [-0.4, -0.2) is 17.0 Å². The number of carboxylic acid groups (broad SMARTS) is 1. The molecule has 0 saturated carbocycles. The van der Waals surface area contributed by atoms with E-state index < -0.39 is 17.7 Å². The van der Waals surface area contributed by atoms with Gasteiger partial charge < -0.3 is 16.2 Å². The van der Waals surface area contributed by atoms with Gasteiger partial charge in [-0.3, -0.25) is 4.79 Å². The van der Waals surface area contributed by atoms with E-state index in [0.717, 1.165) is 12.1 Å². The summed E-state index contributed by atoms with van der Waals surface area (Å²) in [6.07, 6.45) is 0. The third kappa shape index (κ3) is 3.38. The molecule has 2 rings (SSSR count). The summed E-state index contributed by atoms with van der Waals surface area (Å²) < 4.78 is 13.7. The summed E-state index contributed by atoms with van der Waals surface area (Å²) in [5, 5.41) is 11.4. The van der Waals surface area contributed by atoms with Crippen molar-refractivity contribution >= 4 is 39.2 Å². The molecule has 21 heavy (non-hydrogen) atoms. The summed E-state index contributed by atoms with van der Waals surface area (Å²) in [4.78, 5) is 23.0. The summed E-state index contributed by atoms with van der Waals surface area (Å²) in [5.74, 6) is -2.34. The lowest BCUT2D eigenvalue weighted by molar-refractivity contribution is 0.0696. The standard InChI is InChI=1S/C14H10BrFN2O3/c15-10-3-1-7(14(20)21)5-12(10)18-13(19)9-6-8(16)2-4-11(9)17/h1-6H,17H2,(H,18,19)(H,20,21). The van der Waals surface area contributed by atoms with Gasteiger partial charge in [0.2, 0.25) is 0 Å². The molecule has 0 aliphatic rings. The molecule has 7 heteroatoms. The van der Waals surface area contributed by atoms with Crippen LogP contribution in [0, 0.1) is 5.82 Å². The first-order chi connectivity index (χ1) is 9.88. The average Bonchev–Trinajstić information content (AvgIpc) is 2.43. The molecular weight excluding hydrogens is 343 g/mol. The first-order valence-electron chi connectivity index (χ1n) is 5.77. The molecule has 0 radical (unpaired) electrons. The van der Waals surface area contributed by atoms with Crippen LogP contribution in [0.2, 0.25) is 0 Å². The Kier molecular flexibility index (Phi) is 4.23. The number of nitrogen functional groups attached to an aromatic ring is 1.